The first-order chi connectivity index (χ1) is 6.34. The van der Waals surface area contributed by atoms with Gasteiger partial charge in [-0.05, 0) is 24.6 Å². The Morgan fingerprint density at radius 3 is 2.69 bits per heavy atom. The molecule has 0 fully saturated rings. The first-order valence-electron chi connectivity index (χ1n) is 4.39. The predicted molar refractivity (Wildman–Crippen MR) is 55.1 cm³/mol. The first-order valence-corrected chi connectivity index (χ1v) is 4.77. The lowest BCUT2D eigenvalue weighted by Gasteiger charge is -2.04. The van der Waals surface area contributed by atoms with Gasteiger partial charge in [0, 0.05) is 11.6 Å². The van der Waals surface area contributed by atoms with E-state index in [0.717, 1.165) is 23.6 Å². The van der Waals surface area contributed by atoms with Crippen LogP contribution in [0, 0.1) is 0 Å². The molecule has 2 N–H and O–H groups in total. The van der Waals surface area contributed by atoms with Crippen molar-refractivity contribution in [2.45, 2.75) is 6.42 Å². The molecule has 3 heteroatoms. The number of aliphatic hydroxyl groups is 1. The van der Waals surface area contributed by atoms with Gasteiger partial charge in [0.1, 0.15) is 0 Å². The molecule has 1 aromatic rings. The quantitative estimate of drug-likeness (QED) is 0.704. The van der Waals surface area contributed by atoms with Crippen molar-refractivity contribution >= 4 is 11.6 Å². The largest absolute Gasteiger partial charge is 0.395 e. The van der Waals surface area contributed by atoms with E-state index in [1.165, 1.54) is 0 Å². The lowest BCUT2D eigenvalue weighted by molar-refractivity contribution is 0.293. The van der Waals surface area contributed by atoms with Gasteiger partial charge in [-0.15, -0.1) is 0 Å². The summed E-state index contributed by atoms with van der Waals surface area (Å²) >= 11 is 5.96. The van der Waals surface area contributed by atoms with Crippen LogP contribution in [0.5, 0.6) is 0 Å². The van der Waals surface area contributed by atoms with E-state index in [1.807, 2.05) is 24.3 Å². The summed E-state index contributed by atoms with van der Waals surface area (Å²) in [5.74, 6) is 0. The minimum Gasteiger partial charge on any atom is -0.395 e. The highest BCUT2D eigenvalue weighted by Crippen LogP contribution is 2.14. The van der Waals surface area contributed by atoms with Crippen LogP contribution >= 0.6 is 11.6 Å². The Hall–Kier alpha value is -0.570. The second-order valence-corrected chi connectivity index (χ2v) is 3.22. The average Bonchev–Trinajstić information content (AvgIpc) is 2.15. The van der Waals surface area contributed by atoms with Gasteiger partial charge >= 0.3 is 0 Å². The third kappa shape index (κ3) is 3.77. The summed E-state index contributed by atoms with van der Waals surface area (Å²) in [6.45, 7) is 1.68. The molecule has 0 amide bonds. The smallest absolute Gasteiger partial charge is 0.0555 e. The van der Waals surface area contributed by atoms with Gasteiger partial charge in [0.05, 0.1) is 6.61 Å². The van der Waals surface area contributed by atoms with E-state index < -0.39 is 0 Å². The van der Waals surface area contributed by atoms with Crippen molar-refractivity contribution in [2.24, 2.45) is 0 Å². The van der Waals surface area contributed by atoms with Crippen molar-refractivity contribution in [3.05, 3.63) is 34.9 Å². The molecule has 0 heterocycles. The highest BCUT2D eigenvalue weighted by Gasteiger charge is 1.97. The van der Waals surface area contributed by atoms with Crippen LogP contribution < -0.4 is 5.32 Å². The fourth-order valence-corrected chi connectivity index (χ4v) is 1.36. The predicted octanol–water partition coefficient (Wildman–Crippen LogP) is 1.46. The zero-order chi connectivity index (χ0) is 9.52. The maximum Gasteiger partial charge on any atom is 0.0555 e. The summed E-state index contributed by atoms with van der Waals surface area (Å²) < 4.78 is 0. The highest BCUT2D eigenvalue weighted by molar-refractivity contribution is 6.31. The summed E-state index contributed by atoms with van der Waals surface area (Å²) in [7, 11) is 0. The monoisotopic (exact) mass is 199 g/mol. The number of nitrogens with one attached hydrogen (secondary N) is 1. The van der Waals surface area contributed by atoms with Crippen LogP contribution in [0.3, 0.4) is 0 Å². The Kier molecular flexibility index (Phi) is 4.83. The molecule has 0 saturated heterocycles. The summed E-state index contributed by atoms with van der Waals surface area (Å²) in [5, 5.41) is 12.4. The molecule has 0 aliphatic rings. The second-order valence-electron chi connectivity index (χ2n) is 2.82. The number of benzene rings is 1. The van der Waals surface area contributed by atoms with Crippen LogP contribution in [0.2, 0.25) is 5.02 Å². The van der Waals surface area contributed by atoms with Crippen molar-refractivity contribution in [2.75, 3.05) is 19.7 Å². The molecule has 0 atom stereocenters. The molecule has 13 heavy (non-hydrogen) atoms. The maximum absolute atomic E-state index is 8.53. The van der Waals surface area contributed by atoms with Crippen LogP contribution in [-0.4, -0.2) is 24.8 Å². The molecule has 0 spiro atoms. The Morgan fingerprint density at radius 2 is 2.00 bits per heavy atom. The average molecular weight is 200 g/mol. The molecule has 2 nitrogen and oxygen atoms in total. The molecule has 72 valence electrons. The number of hydrogen-bond donors (Lipinski definition) is 2. The normalized spacial score (nSPS) is 10.3. The topological polar surface area (TPSA) is 32.3 Å². The molecule has 0 aromatic heterocycles. The van der Waals surface area contributed by atoms with Crippen molar-refractivity contribution in [1.82, 2.24) is 5.32 Å². The van der Waals surface area contributed by atoms with Gasteiger partial charge in [-0.2, -0.15) is 0 Å². The number of halogens is 1. The minimum absolute atomic E-state index is 0.183. The first kappa shape index (κ1) is 10.5. The third-order valence-electron chi connectivity index (χ3n) is 1.82. The van der Waals surface area contributed by atoms with Gasteiger partial charge in [0.2, 0.25) is 0 Å². The zero-order valence-corrected chi connectivity index (χ0v) is 8.22. The van der Waals surface area contributed by atoms with Gasteiger partial charge in [0.15, 0.2) is 0 Å². The lowest BCUT2D eigenvalue weighted by Crippen LogP contribution is -2.20. The molecule has 0 bridgehead atoms. The summed E-state index contributed by atoms with van der Waals surface area (Å²) in [5.41, 5.74) is 1.15. The SMILES string of the molecule is OCCNCCc1ccccc1Cl. The lowest BCUT2D eigenvalue weighted by atomic mass is 10.1. The number of hydrogen-bond acceptors (Lipinski definition) is 2. The standard InChI is InChI=1S/C10H14ClNO/c11-10-4-2-1-3-9(10)5-6-12-7-8-13/h1-4,12-13H,5-8H2. The highest BCUT2D eigenvalue weighted by atomic mass is 35.5. The molecule has 0 unspecified atom stereocenters. The van der Waals surface area contributed by atoms with E-state index in [-0.39, 0.29) is 6.61 Å². The minimum atomic E-state index is 0.183. The van der Waals surface area contributed by atoms with E-state index in [0.29, 0.717) is 6.54 Å². The van der Waals surface area contributed by atoms with Crippen LogP contribution in [0.15, 0.2) is 24.3 Å². The van der Waals surface area contributed by atoms with Crippen molar-refractivity contribution in [1.29, 1.82) is 0 Å². The second kappa shape index (κ2) is 5.97. The molecule has 0 aliphatic heterocycles. The van der Waals surface area contributed by atoms with E-state index in [2.05, 4.69) is 5.32 Å². The van der Waals surface area contributed by atoms with E-state index in [4.69, 9.17) is 16.7 Å². The van der Waals surface area contributed by atoms with Crippen LogP contribution in [0.1, 0.15) is 5.56 Å². The van der Waals surface area contributed by atoms with Gasteiger partial charge in [-0.1, -0.05) is 29.8 Å². The Labute approximate surface area is 83.5 Å². The van der Waals surface area contributed by atoms with E-state index >= 15 is 0 Å². The summed E-state index contributed by atoms with van der Waals surface area (Å²) in [6, 6.07) is 7.81. The maximum atomic E-state index is 8.53. The molecule has 0 radical (unpaired) electrons. The zero-order valence-electron chi connectivity index (χ0n) is 7.46. The molecule has 0 saturated carbocycles. The summed E-state index contributed by atoms with van der Waals surface area (Å²) in [4.78, 5) is 0. The van der Waals surface area contributed by atoms with Crippen molar-refractivity contribution in [3.63, 3.8) is 0 Å². The van der Waals surface area contributed by atoms with Crippen molar-refractivity contribution < 1.29 is 5.11 Å². The number of rotatable bonds is 5. The Morgan fingerprint density at radius 1 is 1.23 bits per heavy atom. The van der Waals surface area contributed by atoms with Crippen LogP contribution in [0.25, 0.3) is 0 Å². The van der Waals surface area contributed by atoms with Gasteiger partial charge in [0.25, 0.3) is 0 Å². The van der Waals surface area contributed by atoms with Gasteiger partial charge in [-0.25, -0.2) is 0 Å². The van der Waals surface area contributed by atoms with E-state index in [9.17, 15) is 0 Å². The summed E-state index contributed by atoms with van der Waals surface area (Å²) in [6.07, 6.45) is 0.902. The van der Waals surface area contributed by atoms with Crippen LogP contribution in [-0.2, 0) is 6.42 Å². The molecular formula is C10H14ClNO. The third-order valence-corrected chi connectivity index (χ3v) is 2.19. The van der Waals surface area contributed by atoms with E-state index in [1.54, 1.807) is 0 Å². The molecule has 0 aliphatic carbocycles. The van der Waals surface area contributed by atoms with Crippen molar-refractivity contribution in [3.8, 4) is 0 Å². The fraction of sp³-hybridized carbons (Fsp3) is 0.400. The molecule has 1 aromatic carbocycles. The van der Waals surface area contributed by atoms with Gasteiger partial charge < -0.3 is 10.4 Å². The van der Waals surface area contributed by atoms with Crippen LogP contribution in [0.4, 0.5) is 0 Å². The Bertz CT molecular complexity index is 252. The Balaban J connectivity index is 2.32. The molecule has 1 rings (SSSR count). The fourth-order valence-electron chi connectivity index (χ4n) is 1.13. The number of aliphatic hydroxyl groups excluding tert-OH is 1. The van der Waals surface area contributed by atoms with Gasteiger partial charge in [-0.3, -0.25) is 0 Å². The molecular weight excluding hydrogens is 186 g/mol.